The second kappa shape index (κ2) is 21.9. The van der Waals surface area contributed by atoms with Crippen molar-refractivity contribution in [3.8, 4) is 66.8 Å². The average molecular weight is 1210 g/mol. The lowest BCUT2D eigenvalue weighted by atomic mass is 9.33. The molecule has 12 aromatic rings. The van der Waals surface area contributed by atoms with Gasteiger partial charge >= 0.3 is 0 Å². The zero-order valence-electron chi connectivity index (χ0n) is 54.8. The van der Waals surface area contributed by atoms with E-state index in [2.05, 4.69) is 329 Å². The SMILES string of the molecule is CC(C)(C)c1ccc2c(c1)-c1cc(C(C)(C)C)ccc1C2c1ccc2c(c1)N(c1c(-c3ccccc3)cccc1-c1ccccc1)c1cc(-c3ccccc3)cc3c1B2c1ccc(N2CC4CC5CC4CC2C5)cc1N3c1c(-c2ccccc2)cccc1-c1ccccc1. The van der Waals surface area contributed by atoms with Crippen LogP contribution in [0.25, 0.3) is 66.8 Å². The number of benzene rings is 12. The van der Waals surface area contributed by atoms with E-state index in [1.165, 1.54) is 171 Å². The molecule has 0 aromatic heterocycles. The van der Waals surface area contributed by atoms with E-state index < -0.39 is 0 Å². The second-order valence-electron chi connectivity index (χ2n) is 30.0. The maximum absolute atomic E-state index is 2.86. The maximum Gasteiger partial charge on any atom is 0.252 e. The smallest absolute Gasteiger partial charge is 0.252 e. The molecule has 3 nitrogen and oxygen atoms in total. The number of nitrogens with zero attached hydrogens (tertiary/aromatic N) is 3. The number of para-hydroxylation sites is 2. The van der Waals surface area contributed by atoms with Gasteiger partial charge in [-0.15, -0.1) is 0 Å². The standard InChI is InChI=1S/C90H78BN3/c1-89(2,3)67-39-42-75-77(53-67)78-54-68(90(4,5)6)40-43-76(78)85(75)63-38-44-79-81(50-63)93(87-71(59-26-14-8-15-27-59)34-22-35-72(87)60-28-16-9-17-29-60)83-51-65(58-24-12-7-13-25-58)52-84-86(83)91(79)80-45-41-69(92-56-66-47-57-46-64(66)49-70(92)48-57)55-82(80)94(84)88-73(61-30-18-10-19-31-61)36-23-37-74(88)62-32-20-11-21-33-62/h7-45,50-55,57,64,66,70,85H,46-49,56H2,1-6H3. The van der Waals surface area contributed by atoms with E-state index in [-0.39, 0.29) is 23.5 Å². The molecule has 18 rings (SSSR count). The van der Waals surface area contributed by atoms with Crippen molar-refractivity contribution < 1.29 is 0 Å². The summed E-state index contributed by atoms with van der Waals surface area (Å²) in [6.07, 6.45) is 5.40. The molecule has 2 saturated carbocycles. The third-order valence-corrected chi connectivity index (χ3v) is 22.5. The van der Waals surface area contributed by atoms with Gasteiger partial charge in [0.2, 0.25) is 0 Å². The second-order valence-corrected chi connectivity index (χ2v) is 30.0. The highest BCUT2D eigenvalue weighted by atomic mass is 15.2. The number of hydrogen-bond acceptors (Lipinski definition) is 3. The number of fused-ring (bicyclic) bond motifs is 9. The fraction of sp³-hybridized carbons (Fsp3) is 0.200. The molecule has 3 aliphatic heterocycles. The molecule has 3 fully saturated rings. The fourth-order valence-corrected chi connectivity index (χ4v) is 18.0. The zero-order chi connectivity index (χ0) is 63.1. The summed E-state index contributed by atoms with van der Waals surface area (Å²) in [7, 11) is 0. The fourth-order valence-electron chi connectivity index (χ4n) is 18.0. The Kier molecular flexibility index (Phi) is 13.2. The van der Waals surface area contributed by atoms with Crippen molar-refractivity contribution in [2.24, 2.45) is 17.8 Å². The van der Waals surface area contributed by atoms with E-state index in [9.17, 15) is 0 Å². The third kappa shape index (κ3) is 9.21. The van der Waals surface area contributed by atoms with Gasteiger partial charge in [-0.3, -0.25) is 0 Å². The van der Waals surface area contributed by atoms with Crippen LogP contribution >= 0.6 is 0 Å². The van der Waals surface area contributed by atoms with Crippen LogP contribution in [0.1, 0.15) is 101 Å². The number of anilines is 7. The third-order valence-electron chi connectivity index (χ3n) is 22.5. The summed E-state index contributed by atoms with van der Waals surface area (Å²) in [4.78, 5) is 8.36. The van der Waals surface area contributed by atoms with Crippen LogP contribution in [0.4, 0.5) is 39.8 Å². The Morgan fingerprint density at radius 3 is 1.24 bits per heavy atom. The molecule has 4 unspecified atom stereocenters. The molecule has 12 aromatic carbocycles. The molecule has 3 heterocycles. The summed E-state index contributed by atoms with van der Waals surface area (Å²) < 4.78 is 0. The van der Waals surface area contributed by atoms with Crippen molar-refractivity contribution in [2.45, 2.75) is 90.0 Å². The van der Waals surface area contributed by atoms with Gasteiger partial charge in [-0.1, -0.05) is 284 Å². The first-order chi connectivity index (χ1) is 45.9. The summed E-state index contributed by atoms with van der Waals surface area (Å²) in [6.45, 7) is 15.1. The van der Waals surface area contributed by atoms with Crippen LogP contribution in [0.2, 0.25) is 0 Å². The number of piperidine rings is 1. The average Bonchev–Trinajstić information content (AvgIpc) is 0.776. The first-order valence-electron chi connectivity index (χ1n) is 34.5. The Bertz CT molecular complexity index is 4770. The lowest BCUT2D eigenvalue weighted by Crippen LogP contribution is -2.61. The minimum absolute atomic E-state index is 0.00309. The van der Waals surface area contributed by atoms with E-state index >= 15 is 0 Å². The largest absolute Gasteiger partial charge is 0.368 e. The Labute approximate surface area is 556 Å². The first-order valence-corrected chi connectivity index (χ1v) is 34.5. The topological polar surface area (TPSA) is 9.72 Å². The molecular formula is C90H78BN3. The van der Waals surface area contributed by atoms with Gasteiger partial charge in [0, 0.05) is 69.2 Å². The summed E-state index contributed by atoms with van der Waals surface area (Å²) in [5, 5.41) is 0. The summed E-state index contributed by atoms with van der Waals surface area (Å²) in [5.41, 5.74) is 33.8. The van der Waals surface area contributed by atoms with Gasteiger partial charge in [-0.2, -0.15) is 0 Å². The summed E-state index contributed by atoms with van der Waals surface area (Å²) >= 11 is 0. The molecule has 0 radical (unpaired) electrons. The summed E-state index contributed by atoms with van der Waals surface area (Å²) in [5.74, 6) is 2.45. The lowest BCUT2D eigenvalue weighted by molar-refractivity contribution is 0.242. The molecule has 3 aliphatic carbocycles. The molecular weight excluding hydrogens is 1130 g/mol. The van der Waals surface area contributed by atoms with Crippen LogP contribution in [0, 0.1) is 17.8 Å². The van der Waals surface area contributed by atoms with Crippen molar-refractivity contribution in [1.29, 1.82) is 0 Å². The van der Waals surface area contributed by atoms with E-state index in [0.717, 1.165) is 30.0 Å². The van der Waals surface area contributed by atoms with Crippen LogP contribution in [0.15, 0.2) is 273 Å². The van der Waals surface area contributed by atoms with Crippen molar-refractivity contribution in [3.05, 3.63) is 301 Å². The minimum Gasteiger partial charge on any atom is -0.368 e. The predicted molar refractivity (Wildman–Crippen MR) is 398 cm³/mol. The highest BCUT2D eigenvalue weighted by Crippen LogP contribution is 2.58. The molecule has 3 bridgehead atoms. The normalized spacial score (nSPS) is 18.2. The summed E-state index contributed by atoms with van der Waals surface area (Å²) in [6, 6.07) is 106. The highest BCUT2D eigenvalue weighted by Gasteiger charge is 2.50. The molecule has 0 spiro atoms. The van der Waals surface area contributed by atoms with Crippen LogP contribution in [-0.2, 0) is 10.8 Å². The van der Waals surface area contributed by atoms with Crippen LogP contribution in [0.3, 0.4) is 0 Å². The molecule has 94 heavy (non-hydrogen) atoms. The Morgan fingerprint density at radius 1 is 0.340 bits per heavy atom. The van der Waals surface area contributed by atoms with Crippen molar-refractivity contribution in [3.63, 3.8) is 0 Å². The van der Waals surface area contributed by atoms with Gasteiger partial charge in [0.15, 0.2) is 0 Å². The van der Waals surface area contributed by atoms with Crippen LogP contribution in [-0.4, -0.2) is 19.3 Å². The van der Waals surface area contributed by atoms with Crippen LogP contribution in [0.5, 0.6) is 0 Å². The first kappa shape index (κ1) is 56.8. The molecule has 456 valence electrons. The van der Waals surface area contributed by atoms with E-state index in [1.54, 1.807) is 0 Å². The Morgan fingerprint density at radius 2 is 0.777 bits per heavy atom. The van der Waals surface area contributed by atoms with Crippen LogP contribution < -0.4 is 31.1 Å². The Balaban J connectivity index is 0.972. The Hall–Kier alpha value is -9.90. The van der Waals surface area contributed by atoms with Crippen molar-refractivity contribution in [1.82, 2.24) is 0 Å². The van der Waals surface area contributed by atoms with Gasteiger partial charge in [0.25, 0.3) is 6.71 Å². The van der Waals surface area contributed by atoms with Gasteiger partial charge in [0.05, 0.1) is 11.4 Å². The molecule has 1 saturated heterocycles. The maximum atomic E-state index is 2.86. The quantitative estimate of drug-likeness (QED) is 0.133. The predicted octanol–water partition coefficient (Wildman–Crippen LogP) is 21.5. The monoisotopic (exact) mass is 1210 g/mol. The number of rotatable bonds is 9. The molecule has 6 aliphatic rings. The molecule has 0 N–H and O–H groups in total. The van der Waals surface area contributed by atoms with Gasteiger partial charge in [-0.25, -0.2) is 0 Å². The lowest BCUT2D eigenvalue weighted by Gasteiger charge is -2.47. The van der Waals surface area contributed by atoms with E-state index in [0.29, 0.717) is 6.04 Å². The highest BCUT2D eigenvalue weighted by molar-refractivity contribution is 7.00. The van der Waals surface area contributed by atoms with E-state index in [1.807, 2.05) is 0 Å². The van der Waals surface area contributed by atoms with Crippen molar-refractivity contribution in [2.75, 3.05) is 21.2 Å². The van der Waals surface area contributed by atoms with Crippen molar-refractivity contribution >= 4 is 62.9 Å². The number of hydrogen-bond donors (Lipinski definition) is 0. The minimum atomic E-state index is -0.136. The molecule has 0 amide bonds. The van der Waals surface area contributed by atoms with Gasteiger partial charge in [0.1, 0.15) is 0 Å². The molecule has 4 atom stereocenters. The van der Waals surface area contributed by atoms with Gasteiger partial charge < -0.3 is 14.7 Å². The molecule has 4 heteroatoms. The zero-order valence-corrected chi connectivity index (χ0v) is 54.8. The van der Waals surface area contributed by atoms with Gasteiger partial charge in [-0.05, 0) is 173 Å². The van der Waals surface area contributed by atoms with E-state index in [4.69, 9.17) is 0 Å².